The van der Waals surface area contributed by atoms with Crippen molar-refractivity contribution in [3.8, 4) is 0 Å². The summed E-state index contributed by atoms with van der Waals surface area (Å²) in [7, 11) is 0. The topological polar surface area (TPSA) is 24.1 Å². The van der Waals surface area contributed by atoms with E-state index in [-0.39, 0.29) is 0 Å². The Morgan fingerprint density at radius 3 is 0.853 bits per heavy atom. The molecule has 0 aliphatic carbocycles. The van der Waals surface area contributed by atoms with Crippen LogP contribution in [0.3, 0.4) is 0 Å². The summed E-state index contributed by atoms with van der Waals surface area (Å²) >= 11 is 0. The number of nitrogens with one attached hydrogen (secondary N) is 2. The van der Waals surface area contributed by atoms with E-state index in [0.717, 1.165) is 22.7 Å². The van der Waals surface area contributed by atoms with Crippen LogP contribution in [-0.2, 0) is 0 Å². The highest BCUT2D eigenvalue weighted by atomic mass is 14.9. The molecule has 0 atom stereocenters. The Kier molecular flexibility index (Phi) is 6.50. The first-order valence-corrected chi connectivity index (χ1v) is 11.5. The van der Waals surface area contributed by atoms with Crippen molar-refractivity contribution in [1.29, 1.82) is 0 Å². The molecule has 0 aromatic heterocycles. The fourth-order valence-electron chi connectivity index (χ4n) is 3.90. The van der Waals surface area contributed by atoms with Crippen LogP contribution >= 0.6 is 0 Å². The first-order valence-electron chi connectivity index (χ1n) is 11.5. The van der Waals surface area contributed by atoms with Crippen molar-refractivity contribution < 1.29 is 0 Å². The van der Waals surface area contributed by atoms with Crippen molar-refractivity contribution in [3.05, 3.63) is 146 Å². The molecule has 6 aromatic rings. The summed E-state index contributed by atoms with van der Waals surface area (Å²) in [4.78, 5) is 0. The smallest absolute Gasteiger partial charge is 0.0385 e. The third kappa shape index (κ3) is 5.43. The number of rotatable bonds is 4. The van der Waals surface area contributed by atoms with Crippen molar-refractivity contribution in [2.45, 2.75) is 0 Å². The van der Waals surface area contributed by atoms with Gasteiger partial charge >= 0.3 is 0 Å². The lowest BCUT2D eigenvalue weighted by Crippen LogP contribution is -1.92. The monoisotopic (exact) mass is 438 g/mol. The molecule has 2 heteroatoms. The maximum Gasteiger partial charge on any atom is 0.0385 e. The molecule has 0 aliphatic heterocycles. The predicted molar refractivity (Wildman–Crippen MR) is 147 cm³/mol. The van der Waals surface area contributed by atoms with Crippen LogP contribution in [0.15, 0.2) is 146 Å². The summed E-state index contributed by atoms with van der Waals surface area (Å²) in [6, 6.07) is 50.0. The molecule has 0 radical (unpaired) electrons. The minimum Gasteiger partial charge on any atom is -0.356 e. The molecule has 0 heterocycles. The minimum absolute atomic E-state index is 1.08. The van der Waals surface area contributed by atoms with Gasteiger partial charge in [-0.3, -0.25) is 0 Å². The van der Waals surface area contributed by atoms with Gasteiger partial charge < -0.3 is 10.6 Å². The Balaban J connectivity index is 0.000000150. The molecule has 0 spiro atoms. The number of fused-ring (bicyclic) bond motifs is 2. The summed E-state index contributed by atoms with van der Waals surface area (Å²) in [5.41, 5.74) is 4.34. The Labute approximate surface area is 200 Å². The van der Waals surface area contributed by atoms with Crippen LogP contribution in [0, 0.1) is 0 Å². The molecule has 6 rings (SSSR count). The van der Waals surface area contributed by atoms with E-state index in [9.17, 15) is 0 Å². The molecule has 0 amide bonds. The lowest BCUT2D eigenvalue weighted by molar-refractivity contribution is 1.52. The number of anilines is 4. The quantitative estimate of drug-likeness (QED) is 0.268. The van der Waals surface area contributed by atoms with Gasteiger partial charge in [0.15, 0.2) is 0 Å². The van der Waals surface area contributed by atoms with Crippen LogP contribution in [0.1, 0.15) is 0 Å². The Morgan fingerprint density at radius 1 is 0.265 bits per heavy atom. The highest BCUT2D eigenvalue weighted by molar-refractivity contribution is 5.98. The summed E-state index contributed by atoms with van der Waals surface area (Å²) < 4.78 is 0. The third-order valence-corrected chi connectivity index (χ3v) is 5.62. The zero-order valence-corrected chi connectivity index (χ0v) is 18.9. The molecule has 0 saturated carbocycles. The first-order chi connectivity index (χ1) is 16.8. The number of para-hydroxylation sites is 2. The fraction of sp³-hybridized carbons (Fsp3) is 0. The number of benzene rings is 6. The maximum absolute atomic E-state index is 3.37. The third-order valence-electron chi connectivity index (χ3n) is 5.62. The van der Waals surface area contributed by atoms with E-state index in [1.54, 1.807) is 0 Å². The van der Waals surface area contributed by atoms with Gasteiger partial charge in [-0.05, 0) is 82.2 Å². The molecule has 6 aromatic carbocycles. The van der Waals surface area contributed by atoms with Gasteiger partial charge in [0.25, 0.3) is 0 Å². The van der Waals surface area contributed by atoms with E-state index in [2.05, 4.69) is 120 Å². The van der Waals surface area contributed by atoms with Gasteiger partial charge in [-0.1, -0.05) is 84.9 Å². The van der Waals surface area contributed by atoms with Gasteiger partial charge in [0.05, 0.1) is 0 Å². The molecular weight excluding hydrogens is 412 g/mol. The number of hydrogen-bond donors (Lipinski definition) is 2. The van der Waals surface area contributed by atoms with Crippen LogP contribution in [0.4, 0.5) is 22.7 Å². The average molecular weight is 439 g/mol. The van der Waals surface area contributed by atoms with Gasteiger partial charge in [0, 0.05) is 22.7 Å². The Hall–Kier alpha value is -4.56. The molecule has 164 valence electrons. The van der Waals surface area contributed by atoms with Gasteiger partial charge in [-0.25, -0.2) is 0 Å². The predicted octanol–water partition coefficient (Wildman–Crippen LogP) is 9.17. The Bertz CT molecular complexity index is 1310. The molecule has 2 nitrogen and oxygen atoms in total. The largest absolute Gasteiger partial charge is 0.356 e. The molecule has 0 unspecified atom stereocenters. The first kappa shape index (κ1) is 21.3. The van der Waals surface area contributed by atoms with E-state index < -0.39 is 0 Å². The minimum atomic E-state index is 1.08. The molecular formula is C32H26N2. The number of hydrogen-bond acceptors (Lipinski definition) is 2. The second-order valence-corrected chi connectivity index (χ2v) is 8.11. The molecule has 2 N–H and O–H groups in total. The molecule has 0 aliphatic rings. The van der Waals surface area contributed by atoms with E-state index in [0.29, 0.717) is 0 Å². The van der Waals surface area contributed by atoms with Gasteiger partial charge in [0.1, 0.15) is 0 Å². The maximum atomic E-state index is 3.37. The lowest BCUT2D eigenvalue weighted by Gasteiger charge is -2.09. The lowest BCUT2D eigenvalue weighted by atomic mass is 10.0. The highest BCUT2D eigenvalue weighted by Crippen LogP contribution is 2.23. The molecule has 0 bridgehead atoms. The van der Waals surface area contributed by atoms with E-state index in [4.69, 9.17) is 0 Å². The highest BCUT2D eigenvalue weighted by Gasteiger charge is 1.97. The van der Waals surface area contributed by atoms with Crippen LogP contribution in [-0.4, -0.2) is 0 Å². The SMILES string of the molecule is c1ccc(Nc2ccc(Nc3ccccc3)cc2)cc1.c1ccc2cc3ccccc3cc2c1. The second kappa shape index (κ2) is 10.4. The van der Waals surface area contributed by atoms with Gasteiger partial charge in [0.2, 0.25) is 0 Å². The zero-order valence-electron chi connectivity index (χ0n) is 18.9. The Morgan fingerprint density at radius 2 is 0.529 bits per heavy atom. The van der Waals surface area contributed by atoms with Crippen LogP contribution in [0.25, 0.3) is 21.5 Å². The van der Waals surface area contributed by atoms with Crippen molar-refractivity contribution in [2.75, 3.05) is 10.6 Å². The van der Waals surface area contributed by atoms with Crippen LogP contribution in [0.2, 0.25) is 0 Å². The van der Waals surface area contributed by atoms with Crippen molar-refractivity contribution in [3.63, 3.8) is 0 Å². The molecule has 0 fully saturated rings. The van der Waals surface area contributed by atoms with E-state index in [1.807, 2.05) is 36.4 Å². The van der Waals surface area contributed by atoms with Crippen molar-refractivity contribution in [1.82, 2.24) is 0 Å². The standard InChI is InChI=1S/C18H16N2.C14H10/c1-3-7-15(8-4-1)19-17-11-13-18(14-12-17)20-16-9-5-2-6-10-16;1-2-6-12-10-14-8-4-3-7-13(14)9-11(12)5-1/h1-14,19-20H;1-10H. The van der Waals surface area contributed by atoms with Gasteiger partial charge in [-0.15, -0.1) is 0 Å². The summed E-state index contributed by atoms with van der Waals surface area (Å²) in [5.74, 6) is 0. The van der Waals surface area contributed by atoms with Crippen LogP contribution in [0.5, 0.6) is 0 Å². The second-order valence-electron chi connectivity index (χ2n) is 8.11. The van der Waals surface area contributed by atoms with Crippen LogP contribution < -0.4 is 10.6 Å². The fourth-order valence-corrected chi connectivity index (χ4v) is 3.90. The molecule has 34 heavy (non-hydrogen) atoms. The average Bonchev–Trinajstić information content (AvgIpc) is 2.90. The zero-order chi connectivity index (χ0) is 23.0. The molecule has 0 saturated heterocycles. The normalized spacial score (nSPS) is 10.4. The summed E-state index contributed by atoms with van der Waals surface area (Å²) in [6.45, 7) is 0. The van der Waals surface area contributed by atoms with Gasteiger partial charge in [-0.2, -0.15) is 0 Å². The summed E-state index contributed by atoms with van der Waals surface area (Å²) in [6.07, 6.45) is 0. The summed E-state index contributed by atoms with van der Waals surface area (Å²) in [5, 5.41) is 12.0. The van der Waals surface area contributed by atoms with E-state index in [1.165, 1.54) is 21.5 Å². The van der Waals surface area contributed by atoms with E-state index >= 15 is 0 Å². The van der Waals surface area contributed by atoms with Crippen molar-refractivity contribution in [2.24, 2.45) is 0 Å². The van der Waals surface area contributed by atoms with Crippen molar-refractivity contribution >= 4 is 44.3 Å².